The van der Waals surface area contributed by atoms with E-state index in [0.29, 0.717) is 30.4 Å². The zero-order valence-corrected chi connectivity index (χ0v) is 16.4. The summed E-state index contributed by atoms with van der Waals surface area (Å²) < 4.78 is 5.84. The highest BCUT2D eigenvalue weighted by Gasteiger charge is 2.36. The number of halogens is 1. The lowest BCUT2D eigenvalue weighted by Gasteiger charge is -2.35. The maximum atomic E-state index is 12.9. The predicted molar refractivity (Wildman–Crippen MR) is 104 cm³/mol. The summed E-state index contributed by atoms with van der Waals surface area (Å²) >= 11 is 6.03. The van der Waals surface area contributed by atoms with Crippen molar-refractivity contribution in [2.24, 2.45) is 5.92 Å². The van der Waals surface area contributed by atoms with Crippen LogP contribution in [0.2, 0.25) is 5.02 Å². The molecule has 0 unspecified atom stereocenters. The fraction of sp³-hybridized carbons (Fsp3) is 0.619. The molecule has 2 fully saturated rings. The van der Waals surface area contributed by atoms with Crippen LogP contribution in [-0.4, -0.2) is 53.9 Å². The van der Waals surface area contributed by atoms with Crippen LogP contribution in [0.25, 0.3) is 0 Å². The van der Waals surface area contributed by atoms with E-state index < -0.39 is 6.10 Å². The molecule has 1 aromatic carbocycles. The molecule has 27 heavy (non-hydrogen) atoms. The highest BCUT2D eigenvalue weighted by Crippen LogP contribution is 2.32. The Morgan fingerprint density at radius 2 is 1.59 bits per heavy atom. The van der Waals surface area contributed by atoms with Gasteiger partial charge in [0.1, 0.15) is 5.75 Å². The van der Waals surface area contributed by atoms with Crippen molar-refractivity contribution in [3.05, 3.63) is 28.8 Å². The lowest BCUT2D eigenvalue weighted by molar-refractivity contribution is -0.143. The number of amides is 2. The third kappa shape index (κ3) is 4.08. The van der Waals surface area contributed by atoms with E-state index in [-0.39, 0.29) is 11.8 Å². The molecule has 2 saturated heterocycles. The lowest BCUT2D eigenvalue weighted by Crippen LogP contribution is -2.48. The van der Waals surface area contributed by atoms with Crippen molar-refractivity contribution >= 4 is 23.4 Å². The molecular weight excluding hydrogens is 364 g/mol. The van der Waals surface area contributed by atoms with Gasteiger partial charge in [-0.15, -0.1) is 0 Å². The summed E-state index contributed by atoms with van der Waals surface area (Å²) in [6.07, 6.45) is 6.31. The van der Waals surface area contributed by atoms with Gasteiger partial charge in [0, 0.05) is 43.5 Å². The number of nitrogens with zero attached hydrogens (tertiary/aromatic N) is 2. The van der Waals surface area contributed by atoms with Crippen LogP contribution in [0.5, 0.6) is 5.75 Å². The number of ether oxygens (including phenoxy) is 1. The second-order valence-corrected chi connectivity index (χ2v) is 8.34. The van der Waals surface area contributed by atoms with Gasteiger partial charge in [-0.3, -0.25) is 9.59 Å². The molecule has 1 atom stereocenters. The Balaban J connectivity index is 1.30. The lowest BCUT2D eigenvalue weighted by atomic mass is 9.94. The quantitative estimate of drug-likeness (QED) is 0.778. The van der Waals surface area contributed by atoms with Crippen molar-refractivity contribution in [2.75, 3.05) is 26.2 Å². The zero-order chi connectivity index (χ0) is 18.8. The van der Waals surface area contributed by atoms with Crippen molar-refractivity contribution in [1.29, 1.82) is 0 Å². The smallest absolute Gasteiger partial charge is 0.263 e. The number of rotatable bonds is 2. The summed E-state index contributed by atoms with van der Waals surface area (Å²) in [6.45, 7) is 3.07. The maximum Gasteiger partial charge on any atom is 0.263 e. The molecule has 2 amide bonds. The van der Waals surface area contributed by atoms with E-state index in [1.54, 1.807) is 6.07 Å². The number of hydrogen-bond donors (Lipinski definition) is 0. The van der Waals surface area contributed by atoms with Crippen molar-refractivity contribution in [3.8, 4) is 5.75 Å². The third-order valence-electron chi connectivity index (χ3n) is 6.05. The van der Waals surface area contributed by atoms with Crippen LogP contribution in [-0.2, 0) is 16.0 Å². The van der Waals surface area contributed by atoms with Crippen LogP contribution in [0.15, 0.2) is 18.2 Å². The Hall–Kier alpha value is -1.75. The number of likely N-dealkylation sites (tertiary alicyclic amines) is 2. The molecule has 146 valence electrons. The largest absolute Gasteiger partial charge is 0.480 e. The van der Waals surface area contributed by atoms with Gasteiger partial charge in [0.15, 0.2) is 6.10 Å². The highest BCUT2D eigenvalue weighted by atomic mass is 35.5. The van der Waals surface area contributed by atoms with Crippen LogP contribution in [0.1, 0.15) is 44.1 Å². The Morgan fingerprint density at radius 3 is 2.30 bits per heavy atom. The SMILES string of the molecule is O=C(C1CCN(C(=O)[C@@H]2Cc3cc(Cl)ccc3O2)CC1)N1CCCCCC1. The first-order valence-corrected chi connectivity index (χ1v) is 10.5. The van der Waals surface area contributed by atoms with E-state index in [4.69, 9.17) is 16.3 Å². The Morgan fingerprint density at radius 1 is 0.926 bits per heavy atom. The van der Waals surface area contributed by atoms with E-state index in [1.807, 2.05) is 17.0 Å². The molecule has 0 N–H and O–H groups in total. The van der Waals surface area contributed by atoms with E-state index in [0.717, 1.165) is 50.1 Å². The van der Waals surface area contributed by atoms with Crippen LogP contribution in [0.3, 0.4) is 0 Å². The zero-order valence-electron chi connectivity index (χ0n) is 15.7. The summed E-state index contributed by atoms with van der Waals surface area (Å²) in [6, 6.07) is 5.49. The molecular formula is C21H27ClN2O3. The van der Waals surface area contributed by atoms with Crippen LogP contribution < -0.4 is 4.74 Å². The summed E-state index contributed by atoms with van der Waals surface area (Å²) in [5.74, 6) is 1.14. The molecule has 0 radical (unpaired) electrons. The number of benzene rings is 1. The minimum atomic E-state index is -0.462. The molecule has 1 aromatic rings. The van der Waals surface area contributed by atoms with Gasteiger partial charge in [0.05, 0.1) is 0 Å². The third-order valence-corrected chi connectivity index (χ3v) is 6.28. The molecule has 0 bridgehead atoms. The molecule has 3 heterocycles. The summed E-state index contributed by atoms with van der Waals surface area (Å²) in [5.41, 5.74) is 0.993. The van der Waals surface area contributed by atoms with E-state index in [1.165, 1.54) is 12.8 Å². The molecule has 3 aliphatic heterocycles. The molecule has 0 aliphatic carbocycles. The summed E-state index contributed by atoms with van der Waals surface area (Å²) in [5, 5.41) is 0.665. The van der Waals surface area contributed by atoms with Crippen molar-refractivity contribution < 1.29 is 14.3 Å². The fourth-order valence-corrected chi connectivity index (χ4v) is 4.65. The van der Waals surface area contributed by atoms with Gasteiger partial charge in [0.25, 0.3) is 5.91 Å². The van der Waals surface area contributed by atoms with E-state index >= 15 is 0 Å². The summed E-state index contributed by atoms with van der Waals surface area (Å²) in [7, 11) is 0. The number of carbonyl (C=O) groups is 2. The van der Waals surface area contributed by atoms with Crippen molar-refractivity contribution in [1.82, 2.24) is 9.80 Å². The average molecular weight is 391 g/mol. The van der Waals surface area contributed by atoms with E-state index in [9.17, 15) is 9.59 Å². The van der Waals surface area contributed by atoms with Crippen LogP contribution >= 0.6 is 11.6 Å². The minimum absolute atomic E-state index is 0.0305. The molecule has 5 nitrogen and oxygen atoms in total. The second kappa shape index (κ2) is 8.09. The number of carbonyl (C=O) groups excluding carboxylic acids is 2. The molecule has 6 heteroatoms. The number of piperidine rings is 1. The standard InChI is InChI=1S/C21H27ClN2O3/c22-17-5-6-18-16(13-17)14-19(27-18)21(26)24-11-7-15(8-12-24)20(25)23-9-3-1-2-4-10-23/h5-6,13,15,19H,1-4,7-12,14H2/t19-/m0/s1. The molecule has 3 aliphatic rings. The van der Waals surface area contributed by atoms with Crippen molar-refractivity contribution in [3.63, 3.8) is 0 Å². The topological polar surface area (TPSA) is 49.9 Å². The second-order valence-electron chi connectivity index (χ2n) is 7.90. The first-order valence-electron chi connectivity index (χ1n) is 10.1. The van der Waals surface area contributed by atoms with Gasteiger partial charge in [-0.1, -0.05) is 24.4 Å². The van der Waals surface area contributed by atoms with Gasteiger partial charge < -0.3 is 14.5 Å². The number of hydrogen-bond acceptors (Lipinski definition) is 3. The molecule has 0 aromatic heterocycles. The Kier molecular flexibility index (Phi) is 5.58. The van der Waals surface area contributed by atoms with Crippen LogP contribution in [0, 0.1) is 5.92 Å². The monoisotopic (exact) mass is 390 g/mol. The normalized spacial score (nSPS) is 23.5. The fourth-order valence-electron chi connectivity index (χ4n) is 4.45. The maximum absolute atomic E-state index is 12.9. The molecule has 4 rings (SSSR count). The summed E-state index contributed by atoms with van der Waals surface area (Å²) in [4.78, 5) is 29.6. The first kappa shape index (κ1) is 18.6. The van der Waals surface area contributed by atoms with Gasteiger partial charge in [0.2, 0.25) is 5.91 Å². The molecule has 0 saturated carbocycles. The van der Waals surface area contributed by atoms with Gasteiger partial charge in [-0.2, -0.15) is 0 Å². The van der Waals surface area contributed by atoms with Gasteiger partial charge in [-0.25, -0.2) is 0 Å². The molecule has 0 spiro atoms. The average Bonchev–Trinajstić information content (AvgIpc) is 2.92. The van der Waals surface area contributed by atoms with Crippen molar-refractivity contribution in [2.45, 2.75) is 51.0 Å². The predicted octanol–water partition coefficient (Wildman–Crippen LogP) is 3.28. The minimum Gasteiger partial charge on any atom is -0.480 e. The van der Waals surface area contributed by atoms with Gasteiger partial charge in [-0.05, 0) is 49.4 Å². The van der Waals surface area contributed by atoms with E-state index in [2.05, 4.69) is 4.90 Å². The van der Waals surface area contributed by atoms with Gasteiger partial charge >= 0.3 is 0 Å². The highest BCUT2D eigenvalue weighted by molar-refractivity contribution is 6.30. The first-order chi connectivity index (χ1) is 13.1. The number of fused-ring (bicyclic) bond motifs is 1. The Bertz CT molecular complexity index is 707. The Labute approximate surface area is 165 Å². The van der Waals surface area contributed by atoms with Crippen LogP contribution in [0.4, 0.5) is 0 Å².